The van der Waals surface area contributed by atoms with Gasteiger partial charge in [0, 0.05) is 28.2 Å². The second kappa shape index (κ2) is 8.88. The Hall–Kier alpha value is -3.18. The fraction of sp³-hybridized carbons (Fsp3) is 0.125. The third-order valence-electron chi connectivity index (χ3n) is 4.63. The van der Waals surface area contributed by atoms with Gasteiger partial charge in [-0.2, -0.15) is 0 Å². The molecular formula is C24H21NO3S. The van der Waals surface area contributed by atoms with Gasteiger partial charge in [-0.05, 0) is 28.8 Å². The zero-order valence-corrected chi connectivity index (χ0v) is 16.9. The first-order valence-electron chi connectivity index (χ1n) is 9.31. The van der Waals surface area contributed by atoms with Gasteiger partial charge in [0.15, 0.2) is 0 Å². The molecule has 1 unspecified atom stereocenters. The van der Waals surface area contributed by atoms with E-state index in [1.165, 1.54) is 5.56 Å². The Kier molecular flexibility index (Phi) is 5.86. The molecule has 0 aliphatic rings. The molecule has 29 heavy (non-hydrogen) atoms. The summed E-state index contributed by atoms with van der Waals surface area (Å²) in [6.07, 6.45) is 0. The van der Waals surface area contributed by atoms with E-state index in [0.29, 0.717) is 23.0 Å². The fourth-order valence-electron chi connectivity index (χ4n) is 3.18. The molecule has 5 heteroatoms. The molecule has 0 spiro atoms. The number of benzene rings is 3. The maximum Gasteiger partial charge on any atom is 0.149 e. The van der Waals surface area contributed by atoms with Crippen molar-refractivity contribution in [2.24, 2.45) is 0 Å². The van der Waals surface area contributed by atoms with Crippen molar-refractivity contribution >= 4 is 10.8 Å². The molecule has 3 aromatic carbocycles. The third kappa shape index (κ3) is 4.63. The summed E-state index contributed by atoms with van der Waals surface area (Å²) in [5, 5.41) is 4.11. The van der Waals surface area contributed by atoms with E-state index in [1.54, 1.807) is 7.11 Å². The molecule has 146 valence electrons. The van der Waals surface area contributed by atoms with E-state index in [2.05, 4.69) is 29.4 Å². The number of aromatic nitrogens is 1. The Labute approximate surface area is 172 Å². The largest absolute Gasteiger partial charge is 0.496 e. The molecule has 0 aliphatic carbocycles. The third-order valence-corrected chi connectivity index (χ3v) is 5.90. The van der Waals surface area contributed by atoms with Crippen LogP contribution in [0.1, 0.15) is 11.3 Å². The minimum Gasteiger partial charge on any atom is -0.496 e. The Morgan fingerprint density at radius 2 is 1.55 bits per heavy atom. The number of hydrogen-bond donors (Lipinski definition) is 0. The summed E-state index contributed by atoms with van der Waals surface area (Å²) in [5.74, 6) is 2.12. The van der Waals surface area contributed by atoms with Crippen molar-refractivity contribution in [2.75, 3.05) is 7.11 Å². The zero-order chi connectivity index (χ0) is 20.1. The molecule has 0 N–H and O–H groups in total. The molecule has 4 rings (SSSR count). The van der Waals surface area contributed by atoms with E-state index < -0.39 is 10.8 Å². The van der Waals surface area contributed by atoms with E-state index in [4.69, 9.17) is 9.26 Å². The van der Waals surface area contributed by atoms with E-state index >= 15 is 0 Å². The lowest BCUT2D eigenvalue weighted by Gasteiger charge is -2.04. The molecule has 0 amide bonds. The standard InChI is InChI=1S/C24H21NO3S/c1-27-24-10-6-5-9-22(24)23-15-21(28-25-23)17-29(26)16-18-11-13-20(14-12-18)19-7-3-2-4-8-19/h2-15H,16-17H2,1H3. The van der Waals surface area contributed by atoms with Gasteiger partial charge in [-0.15, -0.1) is 0 Å². The molecule has 4 nitrogen and oxygen atoms in total. The van der Waals surface area contributed by atoms with Gasteiger partial charge in [0.1, 0.15) is 17.2 Å². The first-order valence-corrected chi connectivity index (χ1v) is 10.8. The van der Waals surface area contributed by atoms with Crippen LogP contribution in [0.15, 0.2) is 89.5 Å². The molecule has 1 aromatic heterocycles. The molecule has 0 saturated heterocycles. The van der Waals surface area contributed by atoms with Crippen molar-refractivity contribution in [3.63, 3.8) is 0 Å². The van der Waals surface area contributed by atoms with Crippen LogP contribution in [-0.2, 0) is 22.3 Å². The molecule has 1 heterocycles. The minimum atomic E-state index is -1.09. The van der Waals surface area contributed by atoms with Gasteiger partial charge in [0.25, 0.3) is 0 Å². The van der Waals surface area contributed by atoms with Crippen LogP contribution < -0.4 is 4.74 Å². The van der Waals surface area contributed by atoms with Gasteiger partial charge >= 0.3 is 0 Å². The van der Waals surface area contributed by atoms with Crippen molar-refractivity contribution in [2.45, 2.75) is 11.5 Å². The highest BCUT2D eigenvalue weighted by Crippen LogP contribution is 2.29. The number of rotatable bonds is 7. The molecular weight excluding hydrogens is 382 g/mol. The van der Waals surface area contributed by atoms with Gasteiger partial charge in [0.05, 0.1) is 12.9 Å². The summed E-state index contributed by atoms with van der Waals surface area (Å²) in [4.78, 5) is 0. The minimum absolute atomic E-state index is 0.322. The van der Waals surface area contributed by atoms with Crippen LogP contribution >= 0.6 is 0 Å². The Morgan fingerprint density at radius 3 is 2.31 bits per heavy atom. The number of hydrogen-bond acceptors (Lipinski definition) is 4. The SMILES string of the molecule is COc1ccccc1-c1cc(CS(=O)Cc2ccc(-c3ccccc3)cc2)on1. The topological polar surface area (TPSA) is 52.3 Å². The second-order valence-electron chi connectivity index (χ2n) is 6.67. The van der Waals surface area contributed by atoms with Crippen LogP contribution in [0.5, 0.6) is 5.75 Å². The molecule has 0 bridgehead atoms. The molecule has 0 radical (unpaired) electrons. The molecule has 4 aromatic rings. The number of para-hydroxylation sites is 1. The normalized spacial score (nSPS) is 11.9. The maximum atomic E-state index is 12.6. The van der Waals surface area contributed by atoms with Gasteiger partial charge in [-0.1, -0.05) is 71.9 Å². The van der Waals surface area contributed by atoms with Crippen LogP contribution in [0, 0.1) is 0 Å². The summed E-state index contributed by atoms with van der Waals surface area (Å²) >= 11 is 0. The summed E-state index contributed by atoms with van der Waals surface area (Å²) in [5.41, 5.74) is 4.89. The fourth-order valence-corrected chi connectivity index (χ4v) is 4.30. The smallest absolute Gasteiger partial charge is 0.149 e. The Bertz CT molecular complexity index is 1100. The summed E-state index contributed by atoms with van der Waals surface area (Å²) < 4.78 is 23.4. The maximum absolute atomic E-state index is 12.6. The summed E-state index contributed by atoms with van der Waals surface area (Å²) in [6, 6.07) is 27.8. The van der Waals surface area contributed by atoms with Gasteiger partial charge in [-0.25, -0.2) is 0 Å². The monoisotopic (exact) mass is 403 g/mol. The zero-order valence-electron chi connectivity index (χ0n) is 16.1. The number of methoxy groups -OCH3 is 1. The second-order valence-corrected chi connectivity index (χ2v) is 8.13. The van der Waals surface area contributed by atoms with Gasteiger partial charge in [-0.3, -0.25) is 4.21 Å². The van der Waals surface area contributed by atoms with Crippen LogP contribution in [0.3, 0.4) is 0 Å². The van der Waals surface area contributed by atoms with Gasteiger partial charge in [0.2, 0.25) is 0 Å². The highest BCUT2D eigenvalue weighted by molar-refractivity contribution is 7.83. The van der Waals surface area contributed by atoms with Crippen molar-refractivity contribution < 1.29 is 13.5 Å². The van der Waals surface area contributed by atoms with Crippen molar-refractivity contribution in [1.82, 2.24) is 5.16 Å². The van der Waals surface area contributed by atoms with Gasteiger partial charge < -0.3 is 9.26 Å². The molecule has 0 saturated carbocycles. The van der Waals surface area contributed by atoms with Crippen LogP contribution in [0.2, 0.25) is 0 Å². The van der Waals surface area contributed by atoms with Crippen LogP contribution in [-0.4, -0.2) is 16.5 Å². The summed E-state index contributed by atoms with van der Waals surface area (Å²) in [7, 11) is 0.535. The van der Waals surface area contributed by atoms with E-state index in [0.717, 1.165) is 22.4 Å². The lowest BCUT2D eigenvalue weighted by Crippen LogP contribution is -1.98. The first kappa shape index (κ1) is 19.2. The van der Waals surface area contributed by atoms with E-state index in [1.807, 2.05) is 60.7 Å². The van der Waals surface area contributed by atoms with Crippen molar-refractivity contribution in [3.8, 4) is 28.1 Å². The first-order chi connectivity index (χ1) is 14.2. The Morgan fingerprint density at radius 1 is 0.862 bits per heavy atom. The van der Waals surface area contributed by atoms with Crippen LogP contribution in [0.25, 0.3) is 22.4 Å². The van der Waals surface area contributed by atoms with E-state index in [9.17, 15) is 4.21 Å². The number of ether oxygens (including phenoxy) is 1. The molecule has 0 fully saturated rings. The quantitative estimate of drug-likeness (QED) is 0.411. The lowest BCUT2D eigenvalue weighted by molar-refractivity contribution is 0.394. The predicted molar refractivity (Wildman–Crippen MR) is 116 cm³/mol. The summed E-state index contributed by atoms with van der Waals surface area (Å²) in [6.45, 7) is 0. The van der Waals surface area contributed by atoms with Crippen molar-refractivity contribution in [1.29, 1.82) is 0 Å². The van der Waals surface area contributed by atoms with Crippen LogP contribution in [0.4, 0.5) is 0 Å². The van der Waals surface area contributed by atoms with Crippen molar-refractivity contribution in [3.05, 3.63) is 96.3 Å². The number of nitrogens with zero attached hydrogens (tertiary/aromatic N) is 1. The Balaban J connectivity index is 1.41. The average Bonchev–Trinajstić information content (AvgIpc) is 3.23. The average molecular weight is 404 g/mol. The lowest BCUT2D eigenvalue weighted by atomic mass is 10.0. The molecule has 0 aliphatic heterocycles. The van der Waals surface area contributed by atoms with E-state index in [-0.39, 0.29) is 0 Å². The highest BCUT2D eigenvalue weighted by atomic mass is 32.2. The molecule has 1 atom stereocenters. The highest BCUT2D eigenvalue weighted by Gasteiger charge is 2.13. The predicted octanol–water partition coefficient (Wildman–Crippen LogP) is 5.47.